The first-order chi connectivity index (χ1) is 5.25. The molecule has 1 aliphatic rings. The molecule has 0 unspecified atom stereocenters. The summed E-state index contributed by atoms with van der Waals surface area (Å²) in [7, 11) is 0. The van der Waals surface area contributed by atoms with Crippen LogP contribution < -0.4 is 5.32 Å². The number of carbonyl (C=O) groups is 1. The highest BCUT2D eigenvalue weighted by molar-refractivity contribution is 7.80. The highest BCUT2D eigenvalue weighted by atomic mass is 32.1. The third kappa shape index (κ3) is 1.97. The highest BCUT2D eigenvalue weighted by Gasteiger charge is 2.27. The minimum Gasteiger partial charge on any atom is -0.465 e. The van der Waals surface area contributed by atoms with Crippen LogP contribution in [0.5, 0.6) is 0 Å². The molecule has 0 aromatic rings. The van der Waals surface area contributed by atoms with Crippen molar-refractivity contribution < 1.29 is 9.53 Å². The Balaban J connectivity index is 2.46. The van der Waals surface area contributed by atoms with Crippen molar-refractivity contribution in [3.8, 4) is 0 Å². The maximum absolute atomic E-state index is 11.1. The summed E-state index contributed by atoms with van der Waals surface area (Å²) in [5, 5.41) is 2.98. The van der Waals surface area contributed by atoms with E-state index in [-0.39, 0.29) is 12.0 Å². The average molecular weight is 173 g/mol. The van der Waals surface area contributed by atoms with Gasteiger partial charge in [0, 0.05) is 11.4 Å². The zero-order chi connectivity index (χ0) is 8.27. The van der Waals surface area contributed by atoms with E-state index in [1.165, 1.54) is 0 Å². The topological polar surface area (TPSA) is 38.3 Å². The summed E-state index contributed by atoms with van der Waals surface area (Å²) >= 11 is 4.97. The minimum atomic E-state index is -0.329. The summed E-state index contributed by atoms with van der Waals surface area (Å²) in [5.41, 5.74) is 0. The van der Waals surface area contributed by atoms with Gasteiger partial charge in [-0.2, -0.15) is 0 Å². The van der Waals surface area contributed by atoms with Crippen molar-refractivity contribution >= 4 is 23.1 Å². The molecule has 1 fully saturated rings. The van der Waals surface area contributed by atoms with Gasteiger partial charge in [0.15, 0.2) is 0 Å². The van der Waals surface area contributed by atoms with Crippen molar-refractivity contribution in [3.05, 3.63) is 0 Å². The number of hydrogen-bond acceptors (Lipinski definition) is 4. The van der Waals surface area contributed by atoms with Crippen LogP contribution in [0.1, 0.15) is 13.3 Å². The number of thiocarbonyl (C=S) groups is 1. The highest BCUT2D eigenvalue weighted by Crippen LogP contribution is 2.04. The Morgan fingerprint density at radius 2 is 2.64 bits per heavy atom. The number of ether oxygens (including phenoxy) is 1. The third-order valence-electron chi connectivity index (χ3n) is 1.56. The second-order valence-electron chi connectivity index (χ2n) is 2.36. The summed E-state index contributed by atoms with van der Waals surface area (Å²) in [5.74, 6) is -0.241. The molecule has 0 aliphatic carbocycles. The number of esters is 1. The number of carbonyl (C=O) groups excluding carboxylic acids is 1. The van der Waals surface area contributed by atoms with Gasteiger partial charge in [0.2, 0.25) is 0 Å². The minimum absolute atomic E-state index is 0.241. The smallest absolute Gasteiger partial charge is 0.328 e. The molecular weight excluding hydrogens is 162 g/mol. The van der Waals surface area contributed by atoms with Crippen LogP contribution in [-0.4, -0.2) is 30.0 Å². The summed E-state index contributed by atoms with van der Waals surface area (Å²) < 4.78 is 4.81. The summed E-state index contributed by atoms with van der Waals surface area (Å²) in [6.07, 6.45) is 0.804. The molecule has 0 amide bonds. The lowest BCUT2D eigenvalue weighted by Crippen LogP contribution is -2.36. The average Bonchev–Trinajstić information content (AvgIpc) is 2.36. The Labute approximate surface area is 71.1 Å². The molecular formula is C7H11NO2S. The van der Waals surface area contributed by atoms with Gasteiger partial charge in [-0.15, -0.1) is 0 Å². The van der Waals surface area contributed by atoms with Gasteiger partial charge in [-0.1, -0.05) is 12.2 Å². The normalized spacial score (nSPS) is 23.7. The summed E-state index contributed by atoms with van der Waals surface area (Å²) in [4.78, 5) is 11.9. The summed E-state index contributed by atoms with van der Waals surface area (Å²) in [6, 6.07) is -0.329. The number of hydrogen-bond donors (Lipinski definition) is 1. The van der Waals surface area contributed by atoms with Gasteiger partial charge in [0.05, 0.1) is 6.61 Å². The van der Waals surface area contributed by atoms with Gasteiger partial charge in [-0.3, -0.25) is 5.32 Å². The predicted octanol–water partition coefficient (Wildman–Crippen LogP) is 0.281. The Kier molecular flexibility index (Phi) is 2.96. The first-order valence-electron chi connectivity index (χ1n) is 3.68. The standard InChI is InChI=1S/C7H11NO2S/c1-2-10-7(9)6-5(11)3-4-8-6/h6,8H,2-4H2,1H3/t6-/m0/s1. The van der Waals surface area contributed by atoms with Gasteiger partial charge in [0.25, 0.3) is 0 Å². The van der Waals surface area contributed by atoms with Gasteiger partial charge in [-0.05, 0) is 13.3 Å². The van der Waals surface area contributed by atoms with E-state index in [2.05, 4.69) is 5.32 Å². The van der Waals surface area contributed by atoms with Crippen LogP contribution in [0.15, 0.2) is 0 Å². The molecule has 0 aromatic heterocycles. The molecule has 62 valence electrons. The van der Waals surface area contributed by atoms with Gasteiger partial charge in [-0.25, -0.2) is 4.79 Å². The van der Waals surface area contributed by atoms with E-state index in [0.29, 0.717) is 6.61 Å². The predicted molar refractivity (Wildman–Crippen MR) is 45.6 cm³/mol. The Morgan fingerprint density at radius 1 is 1.91 bits per heavy atom. The zero-order valence-corrected chi connectivity index (χ0v) is 7.24. The molecule has 0 bridgehead atoms. The van der Waals surface area contributed by atoms with Crippen molar-refractivity contribution in [2.45, 2.75) is 19.4 Å². The largest absolute Gasteiger partial charge is 0.465 e. The molecule has 11 heavy (non-hydrogen) atoms. The van der Waals surface area contributed by atoms with Crippen LogP contribution >= 0.6 is 12.2 Å². The monoisotopic (exact) mass is 173 g/mol. The van der Waals surface area contributed by atoms with E-state index in [4.69, 9.17) is 17.0 Å². The fraction of sp³-hybridized carbons (Fsp3) is 0.714. The maximum atomic E-state index is 11.1. The van der Waals surface area contributed by atoms with E-state index in [1.807, 2.05) is 0 Å². The maximum Gasteiger partial charge on any atom is 0.328 e. The van der Waals surface area contributed by atoms with Crippen molar-refractivity contribution in [2.24, 2.45) is 0 Å². The van der Waals surface area contributed by atoms with Crippen LogP contribution in [0.4, 0.5) is 0 Å². The quantitative estimate of drug-likeness (QED) is 0.481. The molecule has 1 heterocycles. The van der Waals surface area contributed by atoms with Crippen molar-refractivity contribution in [3.63, 3.8) is 0 Å². The zero-order valence-electron chi connectivity index (χ0n) is 6.42. The molecule has 0 spiro atoms. The van der Waals surface area contributed by atoms with E-state index >= 15 is 0 Å². The molecule has 0 aromatic carbocycles. The summed E-state index contributed by atoms with van der Waals surface area (Å²) in [6.45, 7) is 3.00. The molecule has 1 saturated heterocycles. The van der Waals surface area contributed by atoms with Crippen molar-refractivity contribution in [1.29, 1.82) is 0 Å². The lowest BCUT2D eigenvalue weighted by molar-refractivity contribution is -0.143. The SMILES string of the molecule is CCOC(=O)[C@H]1NCCC1=S. The van der Waals surface area contributed by atoms with E-state index in [9.17, 15) is 4.79 Å². The van der Waals surface area contributed by atoms with Gasteiger partial charge >= 0.3 is 5.97 Å². The molecule has 1 rings (SSSR count). The molecule has 4 heteroatoms. The van der Waals surface area contributed by atoms with Crippen LogP contribution in [0.3, 0.4) is 0 Å². The molecule has 1 aliphatic heterocycles. The van der Waals surface area contributed by atoms with E-state index in [1.54, 1.807) is 6.92 Å². The first kappa shape index (κ1) is 8.62. The third-order valence-corrected chi connectivity index (χ3v) is 2.00. The molecule has 0 radical (unpaired) electrons. The lowest BCUT2D eigenvalue weighted by Gasteiger charge is -2.08. The van der Waals surface area contributed by atoms with Crippen LogP contribution in [0.2, 0.25) is 0 Å². The molecule has 3 nitrogen and oxygen atoms in total. The Hall–Kier alpha value is -0.480. The second kappa shape index (κ2) is 3.78. The van der Waals surface area contributed by atoms with E-state index in [0.717, 1.165) is 17.8 Å². The number of rotatable bonds is 2. The van der Waals surface area contributed by atoms with Crippen LogP contribution in [0.25, 0.3) is 0 Å². The van der Waals surface area contributed by atoms with Gasteiger partial charge in [0.1, 0.15) is 6.04 Å². The van der Waals surface area contributed by atoms with Crippen LogP contribution in [0, 0.1) is 0 Å². The fourth-order valence-electron chi connectivity index (χ4n) is 1.04. The Bertz CT molecular complexity index is 181. The van der Waals surface area contributed by atoms with E-state index < -0.39 is 0 Å². The van der Waals surface area contributed by atoms with Crippen LogP contribution in [-0.2, 0) is 9.53 Å². The molecule has 1 N–H and O–H groups in total. The molecule has 0 saturated carbocycles. The lowest BCUT2D eigenvalue weighted by atomic mass is 10.2. The first-order valence-corrected chi connectivity index (χ1v) is 4.09. The van der Waals surface area contributed by atoms with Crippen molar-refractivity contribution in [1.82, 2.24) is 5.32 Å². The second-order valence-corrected chi connectivity index (χ2v) is 2.88. The fourth-order valence-corrected chi connectivity index (χ4v) is 1.32. The molecule has 1 atom stereocenters. The van der Waals surface area contributed by atoms with Gasteiger partial charge < -0.3 is 4.74 Å². The number of nitrogens with one attached hydrogen (secondary N) is 1. The Morgan fingerprint density at radius 3 is 3.09 bits per heavy atom. The van der Waals surface area contributed by atoms with Crippen molar-refractivity contribution in [2.75, 3.05) is 13.2 Å².